The summed E-state index contributed by atoms with van der Waals surface area (Å²) in [4.78, 5) is 24.0. The third-order valence-corrected chi connectivity index (χ3v) is 3.45. The molecule has 140 valence electrons. The van der Waals surface area contributed by atoms with Crippen molar-refractivity contribution in [2.75, 3.05) is 21.3 Å². The molecule has 0 saturated heterocycles. The lowest BCUT2D eigenvalue weighted by molar-refractivity contribution is -0.143. The number of ether oxygens (including phenoxy) is 4. The number of hydrogen-bond donors (Lipinski definition) is 1. The van der Waals surface area contributed by atoms with E-state index in [1.165, 1.54) is 21.3 Å². The van der Waals surface area contributed by atoms with Gasteiger partial charge >= 0.3 is 12.1 Å². The Kier molecular flexibility index (Phi) is 7.36. The van der Waals surface area contributed by atoms with Crippen LogP contribution < -0.4 is 14.8 Å². The van der Waals surface area contributed by atoms with Crippen molar-refractivity contribution >= 4 is 23.7 Å². The summed E-state index contributed by atoms with van der Waals surface area (Å²) >= 11 is 6.14. The minimum absolute atomic E-state index is 0.110. The van der Waals surface area contributed by atoms with E-state index < -0.39 is 23.7 Å². The smallest absolute Gasteiger partial charge is 0.408 e. The summed E-state index contributed by atoms with van der Waals surface area (Å²) in [6, 6.07) is 2.27. The van der Waals surface area contributed by atoms with Crippen molar-refractivity contribution in [3.8, 4) is 11.5 Å². The third kappa shape index (κ3) is 6.34. The van der Waals surface area contributed by atoms with Gasteiger partial charge in [0.15, 0.2) is 0 Å². The van der Waals surface area contributed by atoms with Gasteiger partial charge in [-0.15, -0.1) is 0 Å². The first kappa shape index (κ1) is 20.9. The van der Waals surface area contributed by atoms with E-state index in [2.05, 4.69) is 5.32 Å². The molecule has 1 aromatic carbocycles. The zero-order valence-corrected chi connectivity index (χ0v) is 16.0. The summed E-state index contributed by atoms with van der Waals surface area (Å²) < 4.78 is 20.4. The summed E-state index contributed by atoms with van der Waals surface area (Å²) in [6.07, 6.45) is -0.611. The summed E-state index contributed by atoms with van der Waals surface area (Å²) in [5.74, 6) is 0.304. The third-order valence-electron chi connectivity index (χ3n) is 3.16. The lowest BCUT2D eigenvalue weighted by atomic mass is 10.0. The fraction of sp³-hybridized carbons (Fsp3) is 0.529. The number of methoxy groups -OCH3 is 3. The second-order valence-corrected chi connectivity index (χ2v) is 6.63. The quantitative estimate of drug-likeness (QED) is 0.772. The minimum Gasteiger partial charge on any atom is -0.496 e. The molecule has 0 radical (unpaired) electrons. The Morgan fingerprint density at radius 2 is 1.72 bits per heavy atom. The first-order chi connectivity index (χ1) is 11.6. The molecule has 1 unspecified atom stereocenters. The van der Waals surface area contributed by atoms with Crippen molar-refractivity contribution in [3.63, 3.8) is 0 Å². The normalized spacial score (nSPS) is 12.1. The largest absolute Gasteiger partial charge is 0.496 e. The topological polar surface area (TPSA) is 83.1 Å². The molecular weight excluding hydrogens is 350 g/mol. The van der Waals surface area contributed by atoms with Gasteiger partial charge in [0.25, 0.3) is 0 Å². The molecule has 1 aromatic rings. The lowest BCUT2D eigenvalue weighted by Crippen LogP contribution is -2.45. The number of esters is 1. The molecule has 0 heterocycles. The second-order valence-electron chi connectivity index (χ2n) is 6.22. The van der Waals surface area contributed by atoms with Crippen LogP contribution in [0.15, 0.2) is 12.1 Å². The molecule has 1 N–H and O–H groups in total. The average Bonchev–Trinajstić information content (AvgIpc) is 2.51. The lowest BCUT2D eigenvalue weighted by Gasteiger charge is -2.23. The number of hydrogen-bond acceptors (Lipinski definition) is 6. The van der Waals surface area contributed by atoms with Gasteiger partial charge in [0, 0.05) is 12.5 Å². The molecule has 25 heavy (non-hydrogen) atoms. The number of carbonyl (C=O) groups is 2. The Morgan fingerprint density at radius 3 is 2.20 bits per heavy atom. The van der Waals surface area contributed by atoms with Gasteiger partial charge in [-0.05, 0) is 32.4 Å². The van der Waals surface area contributed by atoms with Crippen molar-refractivity contribution in [1.82, 2.24) is 5.32 Å². The van der Waals surface area contributed by atoms with E-state index in [9.17, 15) is 9.59 Å². The van der Waals surface area contributed by atoms with Gasteiger partial charge in [0.1, 0.15) is 23.1 Å². The molecule has 0 aliphatic carbocycles. The highest BCUT2D eigenvalue weighted by Gasteiger charge is 2.27. The van der Waals surface area contributed by atoms with Crippen LogP contribution in [0.3, 0.4) is 0 Å². The van der Waals surface area contributed by atoms with Crippen LogP contribution in [0.5, 0.6) is 11.5 Å². The van der Waals surface area contributed by atoms with Crippen LogP contribution in [0.2, 0.25) is 5.02 Å². The molecular formula is C17H24ClNO6. The summed E-state index contributed by atoms with van der Waals surface area (Å²) in [7, 11) is 4.21. The molecule has 1 atom stereocenters. The SMILES string of the molecule is COC(=O)C(Cc1cc(Cl)c(OC)cc1OC)NC(=O)OC(C)(C)C. The van der Waals surface area contributed by atoms with Crippen molar-refractivity contribution < 1.29 is 28.5 Å². The van der Waals surface area contributed by atoms with Crippen LogP contribution in [0, 0.1) is 0 Å². The Morgan fingerprint density at radius 1 is 1.12 bits per heavy atom. The summed E-state index contributed by atoms with van der Waals surface area (Å²) in [5, 5.41) is 2.87. The highest BCUT2D eigenvalue weighted by Crippen LogP contribution is 2.33. The van der Waals surface area contributed by atoms with E-state index in [4.69, 9.17) is 30.5 Å². The number of benzene rings is 1. The van der Waals surface area contributed by atoms with Gasteiger partial charge in [-0.25, -0.2) is 9.59 Å². The van der Waals surface area contributed by atoms with Crippen LogP contribution in [-0.4, -0.2) is 45.0 Å². The van der Waals surface area contributed by atoms with E-state index in [0.717, 1.165) is 0 Å². The first-order valence-electron chi connectivity index (χ1n) is 7.59. The number of nitrogens with one attached hydrogen (secondary N) is 1. The van der Waals surface area contributed by atoms with Crippen molar-refractivity contribution in [3.05, 3.63) is 22.7 Å². The molecule has 8 heteroatoms. The van der Waals surface area contributed by atoms with Gasteiger partial charge in [-0.2, -0.15) is 0 Å². The zero-order chi connectivity index (χ0) is 19.2. The molecule has 0 aliphatic heterocycles. The summed E-state index contributed by atoms with van der Waals surface area (Å²) in [6.45, 7) is 5.18. The Bertz CT molecular complexity index is 626. The van der Waals surface area contributed by atoms with E-state index >= 15 is 0 Å². The number of amides is 1. The van der Waals surface area contributed by atoms with Gasteiger partial charge in [-0.3, -0.25) is 0 Å². The standard InChI is InChI=1S/C17H24ClNO6/c1-17(2,3)25-16(21)19-12(15(20)24-6)8-10-7-11(18)14(23-5)9-13(10)22-4/h7,9,12H,8H2,1-6H3,(H,19,21). The van der Waals surface area contributed by atoms with Crippen LogP contribution in [-0.2, 0) is 20.7 Å². The maximum absolute atomic E-state index is 12.0. The van der Waals surface area contributed by atoms with Gasteiger partial charge in [0.05, 0.1) is 26.4 Å². The Balaban J connectivity index is 3.05. The fourth-order valence-electron chi connectivity index (χ4n) is 2.09. The van der Waals surface area contributed by atoms with Crippen LogP contribution >= 0.6 is 11.6 Å². The molecule has 0 aromatic heterocycles. The molecule has 0 fully saturated rings. The summed E-state index contributed by atoms with van der Waals surface area (Å²) in [5.41, 5.74) is -0.0777. The van der Waals surface area contributed by atoms with E-state index in [-0.39, 0.29) is 6.42 Å². The number of rotatable bonds is 6. The highest BCUT2D eigenvalue weighted by atomic mass is 35.5. The van der Waals surface area contributed by atoms with Gasteiger partial charge in [0.2, 0.25) is 0 Å². The molecule has 0 bridgehead atoms. The van der Waals surface area contributed by atoms with Crippen molar-refractivity contribution in [1.29, 1.82) is 0 Å². The average molecular weight is 374 g/mol. The molecule has 0 aliphatic rings. The van der Waals surface area contributed by atoms with E-state index in [1.54, 1.807) is 32.9 Å². The van der Waals surface area contributed by atoms with Crippen molar-refractivity contribution in [2.45, 2.75) is 38.8 Å². The number of carbonyl (C=O) groups excluding carboxylic acids is 2. The van der Waals surface area contributed by atoms with Gasteiger partial charge in [-0.1, -0.05) is 11.6 Å². The Hall–Kier alpha value is -2.15. The molecule has 0 saturated carbocycles. The zero-order valence-electron chi connectivity index (χ0n) is 15.3. The first-order valence-corrected chi connectivity index (χ1v) is 7.96. The van der Waals surface area contributed by atoms with E-state index in [1.807, 2.05) is 0 Å². The van der Waals surface area contributed by atoms with Crippen LogP contribution in [0.25, 0.3) is 0 Å². The van der Waals surface area contributed by atoms with Crippen LogP contribution in [0.4, 0.5) is 4.79 Å². The number of halogens is 1. The predicted molar refractivity (Wildman–Crippen MR) is 93.4 cm³/mol. The predicted octanol–water partition coefficient (Wildman–Crippen LogP) is 2.97. The van der Waals surface area contributed by atoms with Crippen molar-refractivity contribution in [2.24, 2.45) is 0 Å². The minimum atomic E-state index is -0.960. The molecule has 7 nitrogen and oxygen atoms in total. The van der Waals surface area contributed by atoms with Crippen LogP contribution in [0.1, 0.15) is 26.3 Å². The van der Waals surface area contributed by atoms with E-state index in [0.29, 0.717) is 22.1 Å². The second kappa shape index (κ2) is 8.80. The maximum Gasteiger partial charge on any atom is 0.408 e. The molecule has 0 spiro atoms. The monoisotopic (exact) mass is 373 g/mol. The van der Waals surface area contributed by atoms with Gasteiger partial charge < -0.3 is 24.3 Å². The molecule has 1 rings (SSSR count). The number of alkyl carbamates (subject to hydrolysis) is 1. The highest BCUT2D eigenvalue weighted by molar-refractivity contribution is 6.32. The maximum atomic E-state index is 12.0. The fourth-order valence-corrected chi connectivity index (χ4v) is 2.35. The Labute approximate surface area is 152 Å². The molecule has 1 amide bonds.